The number of aryl methyl sites for hydroxylation is 2. The monoisotopic (exact) mass is 362 g/mol. The summed E-state index contributed by atoms with van der Waals surface area (Å²) in [6.07, 6.45) is 9.75. The van der Waals surface area contributed by atoms with Gasteiger partial charge in [0.05, 0.1) is 5.69 Å². The van der Waals surface area contributed by atoms with E-state index >= 15 is 0 Å². The van der Waals surface area contributed by atoms with Crippen LogP contribution in [0.15, 0.2) is 30.3 Å². The van der Waals surface area contributed by atoms with E-state index in [-0.39, 0.29) is 0 Å². The van der Waals surface area contributed by atoms with E-state index in [9.17, 15) is 5.11 Å². The Morgan fingerprint density at radius 3 is 2.41 bits per heavy atom. The molecule has 0 amide bonds. The highest BCUT2D eigenvalue weighted by Crippen LogP contribution is 2.33. The summed E-state index contributed by atoms with van der Waals surface area (Å²) in [5.74, 6) is 0.343. The second kappa shape index (κ2) is 7.77. The Morgan fingerprint density at radius 1 is 1.04 bits per heavy atom. The van der Waals surface area contributed by atoms with Gasteiger partial charge >= 0.3 is 0 Å². The normalized spacial score (nSPS) is 15.5. The van der Waals surface area contributed by atoms with Gasteiger partial charge in [-0.1, -0.05) is 44.2 Å². The van der Waals surface area contributed by atoms with Crippen LogP contribution in [0.1, 0.15) is 47.2 Å². The van der Waals surface area contributed by atoms with Crippen molar-refractivity contribution >= 4 is 11.8 Å². The minimum Gasteiger partial charge on any atom is -0.506 e. The smallest absolute Gasteiger partial charge is 0.139 e. The van der Waals surface area contributed by atoms with Crippen molar-refractivity contribution in [3.8, 4) is 5.75 Å². The highest BCUT2D eigenvalue weighted by Gasteiger charge is 2.22. The Kier molecular flexibility index (Phi) is 5.22. The van der Waals surface area contributed by atoms with Gasteiger partial charge in [0, 0.05) is 18.2 Å². The van der Waals surface area contributed by atoms with Gasteiger partial charge in [0.1, 0.15) is 5.75 Å². The van der Waals surface area contributed by atoms with Gasteiger partial charge in [-0.2, -0.15) is 0 Å². The number of benzene rings is 2. The summed E-state index contributed by atoms with van der Waals surface area (Å²) in [7, 11) is 0. The average Bonchev–Trinajstić information content (AvgIpc) is 3.10. The number of rotatable bonds is 6. The predicted octanol–water partition coefficient (Wildman–Crippen LogP) is 4.26. The van der Waals surface area contributed by atoms with Gasteiger partial charge in [-0.25, -0.2) is 0 Å². The first-order valence-corrected chi connectivity index (χ1v) is 10.3. The van der Waals surface area contributed by atoms with Gasteiger partial charge in [-0.05, 0) is 72.5 Å². The number of nitrogens with one attached hydrogen (secondary N) is 2. The van der Waals surface area contributed by atoms with E-state index in [4.69, 9.17) is 0 Å². The Balaban J connectivity index is 1.39. The molecule has 0 unspecified atom stereocenters. The van der Waals surface area contributed by atoms with Gasteiger partial charge in [0.2, 0.25) is 0 Å². The third kappa shape index (κ3) is 3.61. The topological polar surface area (TPSA) is 44.3 Å². The molecule has 3 nitrogen and oxygen atoms in total. The maximum Gasteiger partial charge on any atom is 0.139 e. The van der Waals surface area contributed by atoms with Crippen LogP contribution in [-0.2, 0) is 32.1 Å². The maximum atomic E-state index is 10.1. The molecular weight excluding hydrogens is 332 g/mol. The predicted molar refractivity (Wildman–Crippen MR) is 114 cm³/mol. The Labute approximate surface area is 162 Å². The minimum absolute atomic E-state index is 0.343. The van der Waals surface area contributed by atoms with E-state index in [1.54, 1.807) is 0 Å². The van der Waals surface area contributed by atoms with Gasteiger partial charge in [0.15, 0.2) is 0 Å². The summed E-state index contributed by atoms with van der Waals surface area (Å²) in [5, 5.41) is 17.1. The lowest BCUT2D eigenvalue weighted by atomic mass is 9.97. The second-order valence-electron chi connectivity index (χ2n) is 7.72. The molecule has 3 N–H and O–H groups in total. The molecule has 4 rings (SSSR count). The SMILES string of the molecule is CCc1cc2c(cc1CC)CC(NCCc1ccc(O)c3c1C=CCN3)C2. The van der Waals surface area contributed by atoms with Crippen LogP contribution >= 0.6 is 0 Å². The summed E-state index contributed by atoms with van der Waals surface area (Å²) >= 11 is 0. The Morgan fingerprint density at radius 2 is 1.74 bits per heavy atom. The van der Waals surface area contributed by atoms with Crippen LogP contribution < -0.4 is 10.6 Å². The Bertz CT molecular complexity index is 836. The molecule has 0 fully saturated rings. The fourth-order valence-electron chi connectivity index (χ4n) is 4.57. The molecule has 0 spiro atoms. The van der Waals surface area contributed by atoms with Crippen LogP contribution in [0.3, 0.4) is 0 Å². The van der Waals surface area contributed by atoms with Crippen LogP contribution in [0.25, 0.3) is 6.08 Å². The van der Waals surface area contributed by atoms with E-state index in [1.807, 2.05) is 6.07 Å². The summed E-state index contributed by atoms with van der Waals surface area (Å²) in [6, 6.07) is 9.30. The van der Waals surface area contributed by atoms with Crippen LogP contribution in [0, 0.1) is 0 Å². The molecule has 1 aliphatic heterocycles. The highest BCUT2D eigenvalue weighted by atomic mass is 16.3. The van der Waals surface area contributed by atoms with Crippen LogP contribution in [0.2, 0.25) is 0 Å². The number of aromatic hydroxyl groups is 1. The minimum atomic E-state index is 0.343. The number of hydrogen-bond acceptors (Lipinski definition) is 3. The van der Waals surface area contributed by atoms with Gasteiger partial charge in [-0.15, -0.1) is 0 Å². The second-order valence-corrected chi connectivity index (χ2v) is 7.72. The van der Waals surface area contributed by atoms with E-state index in [1.165, 1.54) is 27.8 Å². The molecule has 142 valence electrons. The van der Waals surface area contributed by atoms with Crippen molar-refractivity contribution < 1.29 is 5.11 Å². The lowest BCUT2D eigenvalue weighted by Gasteiger charge is -2.19. The molecule has 1 aliphatic carbocycles. The van der Waals surface area contributed by atoms with Crippen molar-refractivity contribution in [1.29, 1.82) is 0 Å². The lowest BCUT2D eigenvalue weighted by Crippen LogP contribution is -2.31. The third-order valence-corrected chi connectivity index (χ3v) is 6.04. The molecule has 0 atom stereocenters. The molecule has 2 aromatic rings. The summed E-state index contributed by atoms with van der Waals surface area (Å²) < 4.78 is 0. The van der Waals surface area contributed by atoms with Crippen LogP contribution in [-0.4, -0.2) is 24.2 Å². The largest absolute Gasteiger partial charge is 0.506 e. The molecule has 3 heteroatoms. The van der Waals surface area contributed by atoms with E-state index in [2.05, 4.69) is 54.8 Å². The number of hydrogen-bond donors (Lipinski definition) is 3. The molecule has 0 saturated carbocycles. The molecule has 2 aliphatic rings. The number of phenols is 1. The Hall–Kier alpha value is -2.26. The number of anilines is 1. The van der Waals surface area contributed by atoms with Gasteiger partial charge < -0.3 is 15.7 Å². The molecular formula is C24H30N2O. The van der Waals surface area contributed by atoms with Crippen molar-refractivity contribution in [2.75, 3.05) is 18.4 Å². The van der Waals surface area contributed by atoms with E-state index < -0.39 is 0 Å². The molecule has 0 aromatic heterocycles. The zero-order valence-corrected chi connectivity index (χ0v) is 16.4. The van der Waals surface area contributed by atoms with E-state index in [0.717, 1.165) is 56.4 Å². The maximum absolute atomic E-state index is 10.1. The van der Waals surface area contributed by atoms with Crippen molar-refractivity contribution in [3.05, 3.63) is 63.7 Å². The summed E-state index contributed by atoms with van der Waals surface area (Å²) in [6.45, 7) is 6.26. The van der Waals surface area contributed by atoms with Crippen LogP contribution in [0.5, 0.6) is 5.75 Å². The van der Waals surface area contributed by atoms with Crippen molar-refractivity contribution in [2.24, 2.45) is 0 Å². The van der Waals surface area contributed by atoms with Crippen LogP contribution in [0.4, 0.5) is 5.69 Å². The fourth-order valence-corrected chi connectivity index (χ4v) is 4.57. The third-order valence-electron chi connectivity index (χ3n) is 6.04. The molecule has 0 saturated heterocycles. The first-order valence-electron chi connectivity index (χ1n) is 10.3. The van der Waals surface area contributed by atoms with Gasteiger partial charge in [-0.3, -0.25) is 0 Å². The molecule has 1 heterocycles. The zero-order valence-electron chi connectivity index (χ0n) is 16.4. The summed E-state index contributed by atoms with van der Waals surface area (Å²) in [5.41, 5.74) is 9.42. The molecule has 27 heavy (non-hydrogen) atoms. The molecule has 2 aromatic carbocycles. The first kappa shape index (κ1) is 18.1. The fraction of sp³-hybridized carbons (Fsp3) is 0.417. The van der Waals surface area contributed by atoms with Crippen molar-refractivity contribution in [3.63, 3.8) is 0 Å². The first-order chi connectivity index (χ1) is 13.2. The number of phenolic OH excluding ortho intramolecular Hbond substituents is 1. The quantitative estimate of drug-likeness (QED) is 0.673. The number of fused-ring (bicyclic) bond motifs is 2. The zero-order chi connectivity index (χ0) is 18.8. The van der Waals surface area contributed by atoms with Crippen molar-refractivity contribution in [2.45, 2.75) is 52.0 Å². The average molecular weight is 363 g/mol. The standard InChI is InChI=1S/C24H30N2O/c1-3-16-12-19-14-21(15-20(19)13-17(16)4-2)25-11-9-18-7-8-23(27)24-22(18)6-5-10-26-24/h5-8,12-13,21,25-27H,3-4,9-11,14-15H2,1-2H3. The summed E-state index contributed by atoms with van der Waals surface area (Å²) in [4.78, 5) is 0. The molecule has 0 bridgehead atoms. The lowest BCUT2D eigenvalue weighted by molar-refractivity contribution is 0.476. The highest BCUT2D eigenvalue weighted by molar-refractivity contribution is 5.77. The van der Waals surface area contributed by atoms with Gasteiger partial charge in [0.25, 0.3) is 0 Å². The van der Waals surface area contributed by atoms with E-state index in [0.29, 0.717) is 11.8 Å². The van der Waals surface area contributed by atoms with Crippen molar-refractivity contribution in [1.82, 2.24) is 5.32 Å². The molecule has 0 radical (unpaired) electrons.